The second-order valence-corrected chi connectivity index (χ2v) is 12.9. The van der Waals surface area contributed by atoms with Crippen molar-refractivity contribution in [2.45, 2.75) is 22.7 Å². The minimum absolute atomic E-state index is 0.233. The number of anilines is 2. The summed E-state index contributed by atoms with van der Waals surface area (Å²) in [5.41, 5.74) is 1.45. The number of amides is 3. The van der Waals surface area contributed by atoms with Gasteiger partial charge in [0.1, 0.15) is 17.5 Å². The van der Waals surface area contributed by atoms with Crippen molar-refractivity contribution in [1.29, 1.82) is 0 Å². The molecule has 3 aromatic carbocycles. The molecule has 2 aliphatic rings. The lowest BCUT2D eigenvalue weighted by atomic mass is 9.83. The fourth-order valence-electron chi connectivity index (χ4n) is 5.21. The predicted octanol–water partition coefficient (Wildman–Crippen LogP) is 6.31. The molecule has 3 heterocycles. The molecule has 0 spiro atoms. The lowest BCUT2D eigenvalue weighted by Gasteiger charge is -2.31. The molecule has 1 N–H and O–H groups in total. The molecule has 42 heavy (non-hydrogen) atoms. The topological polar surface area (TPSA) is 97.7 Å². The van der Waals surface area contributed by atoms with Crippen molar-refractivity contribution in [2.24, 2.45) is 5.92 Å². The molecule has 3 unspecified atom stereocenters. The van der Waals surface area contributed by atoms with Gasteiger partial charge in [0, 0.05) is 21.5 Å². The van der Waals surface area contributed by atoms with Crippen molar-refractivity contribution in [3.63, 3.8) is 0 Å². The highest BCUT2D eigenvalue weighted by Gasteiger charge is 2.57. The number of fused-ring (bicyclic) bond motifs is 2. The van der Waals surface area contributed by atoms with Crippen LogP contribution in [-0.2, 0) is 20.9 Å². The maximum Gasteiger partial charge on any atom is 0.308 e. The molecule has 1 fully saturated rings. The smallest absolute Gasteiger partial charge is 0.308 e. The summed E-state index contributed by atoms with van der Waals surface area (Å²) in [6.45, 7) is -0.294. The van der Waals surface area contributed by atoms with Gasteiger partial charge in [-0.1, -0.05) is 70.0 Å². The summed E-state index contributed by atoms with van der Waals surface area (Å²) in [5, 5.41) is 3.37. The van der Waals surface area contributed by atoms with Gasteiger partial charge in [-0.25, -0.2) is 4.90 Å². The van der Waals surface area contributed by atoms with Gasteiger partial charge in [0.25, 0.3) is 0 Å². The summed E-state index contributed by atoms with van der Waals surface area (Å²) < 4.78 is 6.56. The summed E-state index contributed by atoms with van der Waals surface area (Å²) in [6.07, 6.45) is 0. The third-order valence-electron chi connectivity index (χ3n) is 7.13. The average Bonchev–Trinajstić information content (AvgIpc) is 3.42. The zero-order chi connectivity index (χ0) is 29.7. The van der Waals surface area contributed by atoms with E-state index < -0.39 is 39.7 Å². The lowest BCUT2D eigenvalue weighted by molar-refractivity contribution is -0.122. The molecule has 4 aromatic rings. The summed E-state index contributed by atoms with van der Waals surface area (Å²) in [4.78, 5) is 55.5. The lowest BCUT2D eigenvalue weighted by Crippen LogP contribution is -2.33. The Labute approximate surface area is 263 Å². The molecule has 3 atom stereocenters. The van der Waals surface area contributed by atoms with Crippen molar-refractivity contribution in [3.8, 4) is 5.75 Å². The SMILES string of the molecule is COc1ccc(N2C(=O)C3Sc4c(sc(=O)n4CC(=O)Nc4ccc(Cl)cc4)C(c4cccc(Cl)c4Cl)C3C2=O)cc1. The number of imide groups is 1. The van der Waals surface area contributed by atoms with Crippen LogP contribution in [0.3, 0.4) is 0 Å². The van der Waals surface area contributed by atoms with Crippen molar-refractivity contribution in [3.05, 3.63) is 102 Å². The summed E-state index contributed by atoms with van der Waals surface area (Å²) in [5.74, 6) is -2.30. The number of thioether (sulfide) groups is 1. The molecule has 2 aliphatic heterocycles. The zero-order valence-electron chi connectivity index (χ0n) is 21.7. The summed E-state index contributed by atoms with van der Waals surface area (Å²) in [7, 11) is 1.53. The quantitative estimate of drug-likeness (QED) is 0.244. The van der Waals surface area contributed by atoms with Gasteiger partial charge in [0.2, 0.25) is 17.7 Å². The van der Waals surface area contributed by atoms with Crippen molar-refractivity contribution < 1.29 is 19.1 Å². The number of carbonyl (C=O) groups excluding carboxylic acids is 3. The molecule has 8 nitrogen and oxygen atoms in total. The Kier molecular flexibility index (Phi) is 7.84. The summed E-state index contributed by atoms with van der Waals surface area (Å²) in [6, 6.07) is 18.3. The average molecular weight is 661 g/mol. The first-order valence-corrected chi connectivity index (χ1v) is 15.4. The number of carbonyl (C=O) groups is 3. The van der Waals surface area contributed by atoms with Crippen molar-refractivity contribution in [1.82, 2.24) is 4.57 Å². The number of ether oxygens (including phenoxy) is 1. The van der Waals surface area contributed by atoms with Gasteiger partial charge >= 0.3 is 4.87 Å². The van der Waals surface area contributed by atoms with E-state index in [0.717, 1.165) is 23.1 Å². The van der Waals surface area contributed by atoms with Crippen LogP contribution < -0.4 is 19.8 Å². The van der Waals surface area contributed by atoms with E-state index in [0.29, 0.717) is 37.6 Å². The molecular formula is C29H20Cl3N3O5S2. The molecule has 1 saturated heterocycles. The molecule has 214 valence electrons. The maximum absolute atomic E-state index is 14.0. The van der Waals surface area contributed by atoms with Crippen LogP contribution >= 0.6 is 57.9 Å². The second-order valence-electron chi connectivity index (χ2n) is 9.57. The standard InChI is InChI=1S/C29H20Cl3N3O5S2/c1-40-17-11-9-16(10-12-17)35-26(37)22-21(18-3-2-4-19(31)23(18)32)25-28(41-24(22)27(35)38)34(29(39)42-25)13-20(36)33-15-7-5-14(30)6-8-15/h2-12,21-22,24H,13H2,1H3,(H,33,36). The maximum atomic E-state index is 14.0. The number of aromatic nitrogens is 1. The van der Waals surface area contributed by atoms with E-state index in [2.05, 4.69) is 5.32 Å². The first-order valence-electron chi connectivity index (χ1n) is 12.6. The molecule has 0 saturated carbocycles. The third-order valence-corrected chi connectivity index (χ3v) is 10.8. The van der Waals surface area contributed by atoms with Gasteiger partial charge in [-0.2, -0.15) is 0 Å². The zero-order valence-corrected chi connectivity index (χ0v) is 25.6. The Bertz CT molecular complexity index is 1790. The molecular weight excluding hydrogens is 641 g/mol. The van der Waals surface area contributed by atoms with E-state index in [-0.39, 0.29) is 16.6 Å². The van der Waals surface area contributed by atoms with Crippen LogP contribution in [-0.4, -0.2) is 34.6 Å². The number of halogens is 3. The molecule has 13 heteroatoms. The first-order chi connectivity index (χ1) is 20.2. The number of nitrogens with zero attached hydrogens (tertiary/aromatic N) is 2. The number of benzene rings is 3. The highest BCUT2D eigenvalue weighted by atomic mass is 35.5. The highest BCUT2D eigenvalue weighted by Crippen LogP contribution is 2.55. The van der Waals surface area contributed by atoms with Crippen LogP contribution in [0.1, 0.15) is 16.4 Å². The van der Waals surface area contributed by atoms with Gasteiger partial charge in [-0.05, 0) is 60.2 Å². The van der Waals surface area contributed by atoms with E-state index in [9.17, 15) is 19.2 Å². The fourth-order valence-corrected chi connectivity index (χ4v) is 8.53. The van der Waals surface area contributed by atoms with E-state index in [1.54, 1.807) is 66.7 Å². The van der Waals surface area contributed by atoms with Crippen LogP contribution in [0.4, 0.5) is 11.4 Å². The van der Waals surface area contributed by atoms with E-state index in [1.165, 1.54) is 16.6 Å². The molecule has 0 radical (unpaired) electrons. The van der Waals surface area contributed by atoms with Crippen LogP contribution in [0.15, 0.2) is 76.6 Å². The first kappa shape index (κ1) is 28.8. The van der Waals surface area contributed by atoms with Gasteiger partial charge in [-0.15, -0.1) is 0 Å². The summed E-state index contributed by atoms with van der Waals surface area (Å²) >= 11 is 21.0. The second kappa shape index (κ2) is 11.4. The molecule has 0 bridgehead atoms. The van der Waals surface area contributed by atoms with E-state index in [1.807, 2.05) is 0 Å². The van der Waals surface area contributed by atoms with Crippen molar-refractivity contribution in [2.75, 3.05) is 17.3 Å². The Balaban J connectivity index is 1.42. The van der Waals surface area contributed by atoms with Gasteiger partial charge in [-0.3, -0.25) is 23.7 Å². The Morgan fingerprint density at radius 3 is 2.36 bits per heavy atom. The van der Waals surface area contributed by atoms with Crippen LogP contribution in [0.25, 0.3) is 0 Å². The molecule has 6 rings (SSSR count). The fraction of sp³-hybridized carbons (Fsp3) is 0.172. The number of methoxy groups -OCH3 is 1. The molecule has 0 aliphatic carbocycles. The van der Waals surface area contributed by atoms with E-state index >= 15 is 0 Å². The Hall–Kier alpha value is -3.28. The predicted molar refractivity (Wildman–Crippen MR) is 166 cm³/mol. The van der Waals surface area contributed by atoms with Crippen LogP contribution in [0.2, 0.25) is 15.1 Å². The van der Waals surface area contributed by atoms with Gasteiger partial charge in [0.15, 0.2) is 0 Å². The van der Waals surface area contributed by atoms with Crippen LogP contribution in [0.5, 0.6) is 5.75 Å². The third kappa shape index (κ3) is 5.01. The normalized spacial score (nSPS) is 19.4. The van der Waals surface area contributed by atoms with Gasteiger partial charge in [0.05, 0.1) is 33.8 Å². The number of hydrogen-bond donors (Lipinski definition) is 1. The van der Waals surface area contributed by atoms with Crippen LogP contribution in [0, 0.1) is 5.92 Å². The number of thiazole rings is 1. The molecule has 3 amide bonds. The number of nitrogens with one attached hydrogen (secondary N) is 1. The van der Waals surface area contributed by atoms with E-state index in [4.69, 9.17) is 39.5 Å². The largest absolute Gasteiger partial charge is 0.497 e. The molecule has 1 aromatic heterocycles. The van der Waals surface area contributed by atoms with Crippen molar-refractivity contribution >= 4 is 87.0 Å². The minimum Gasteiger partial charge on any atom is -0.497 e. The minimum atomic E-state index is -0.869. The number of hydrogen-bond acceptors (Lipinski definition) is 7. The highest BCUT2D eigenvalue weighted by molar-refractivity contribution is 8.00. The Morgan fingerprint density at radius 1 is 0.952 bits per heavy atom. The number of rotatable bonds is 6. The Morgan fingerprint density at radius 2 is 1.67 bits per heavy atom. The van der Waals surface area contributed by atoms with Gasteiger partial charge < -0.3 is 10.1 Å². The monoisotopic (exact) mass is 659 g/mol.